The normalized spacial score (nSPS) is 15.4. The Hall–Kier alpha value is -2.02. The molecule has 0 aliphatic carbocycles. The fourth-order valence-electron chi connectivity index (χ4n) is 2.14. The smallest absolute Gasteiger partial charge is 0.410 e. The minimum Gasteiger partial charge on any atom is -0.618 e. The molecule has 1 amide bonds. The molecular weight excluding hydrogens is 288 g/mol. The van der Waals surface area contributed by atoms with Crippen molar-refractivity contribution < 1.29 is 23.7 Å². The topological polar surface area (TPSA) is 74.9 Å². The summed E-state index contributed by atoms with van der Waals surface area (Å²) in [4.78, 5) is 13.4. The summed E-state index contributed by atoms with van der Waals surface area (Å²) in [5.74, 6) is 0.463. The second kappa shape index (κ2) is 6.39. The molecule has 0 N–H and O–H groups in total. The van der Waals surface area contributed by atoms with Gasteiger partial charge in [0.1, 0.15) is 5.60 Å². The number of likely N-dealkylation sites (tertiary alicyclic amines) is 1. The molecule has 122 valence electrons. The number of rotatable bonds is 4. The van der Waals surface area contributed by atoms with E-state index < -0.39 is 5.60 Å². The van der Waals surface area contributed by atoms with Gasteiger partial charge in [0.2, 0.25) is 6.20 Å². The molecule has 0 saturated carbocycles. The maximum absolute atomic E-state index is 12.0. The summed E-state index contributed by atoms with van der Waals surface area (Å²) < 4.78 is 16.1. The fraction of sp³-hybridized carbons (Fsp3) is 0.600. The fourth-order valence-corrected chi connectivity index (χ4v) is 2.14. The number of hydrogen-bond donors (Lipinski definition) is 0. The van der Waals surface area contributed by atoms with E-state index in [0.29, 0.717) is 24.5 Å². The van der Waals surface area contributed by atoms with Gasteiger partial charge in [-0.25, -0.2) is 4.79 Å². The zero-order valence-electron chi connectivity index (χ0n) is 13.4. The van der Waals surface area contributed by atoms with Crippen LogP contribution in [0.1, 0.15) is 32.4 Å². The molecule has 0 bridgehead atoms. The first-order valence-corrected chi connectivity index (χ1v) is 7.13. The van der Waals surface area contributed by atoms with Crippen LogP contribution in [0, 0.1) is 5.21 Å². The van der Waals surface area contributed by atoms with Crippen LogP contribution in [-0.4, -0.2) is 43.6 Å². The predicted molar refractivity (Wildman–Crippen MR) is 78.5 cm³/mol. The lowest BCUT2D eigenvalue weighted by atomic mass is 9.96. The number of hydrogen-bond acceptors (Lipinski definition) is 5. The second-order valence-corrected chi connectivity index (χ2v) is 6.25. The average molecular weight is 310 g/mol. The van der Waals surface area contributed by atoms with Crippen molar-refractivity contribution in [1.29, 1.82) is 0 Å². The monoisotopic (exact) mass is 310 g/mol. The third-order valence-electron chi connectivity index (χ3n) is 3.21. The Kier molecular flexibility index (Phi) is 4.75. The van der Waals surface area contributed by atoms with Crippen molar-refractivity contribution in [2.24, 2.45) is 0 Å². The molecule has 0 atom stereocenters. The molecule has 0 spiro atoms. The molecule has 1 aromatic rings. The number of carbonyl (C=O) groups is 1. The summed E-state index contributed by atoms with van der Waals surface area (Å²) >= 11 is 0. The zero-order chi connectivity index (χ0) is 16.3. The molecule has 2 rings (SSSR count). The molecule has 22 heavy (non-hydrogen) atoms. The van der Waals surface area contributed by atoms with Crippen molar-refractivity contribution in [3.63, 3.8) is 0 Å². The Morgan fingerprint density at radius 1 is 1.41 bits per heavy atom. The van der Waals surface area contributed by atoms with Crippen LogP contribution in [0.3, 0.4) is 0 Å². The zero-order valence-corrected chi connectivity index (χ0v) is 13.4. The minimum atomic E-state index is -0.513. The highest BCUT2D eigenvalue weighted by molar-refractivity contribution is 5.69. The number of aromatic nitrogens is 1. The van der Waals surface area contributed by atoms with Crippen molar-refractivity contribution in [3.05, 3.63) is 29.2 Å². The first-order chi connectivity index (χ1) is 10.3. The summed E-state index contributed by atoms with van der Waals surface area (Å²) in [6.45, 7) is 6.53. The Morgan fingerprint density at radius 3 is 2.64 bits per heavy atom. The van der Waals surface area contributed by atoms with Crippen LogP contribution in [0.5, 0.6) is 5.75 Å². The number of nitrogens with zero attached hydrogens (tertiary/aromatic N) is 2. The third kappa shape index (κ3) is 4.00. The number of methoxy groups -OCH3 is 1. The summed E-state index contributed by atoms with van der Waals surface area (Å²) in [7, 11) is 1.51. The third-order valence-corrected chi connectivity index (χ3v) is 3.21. The van der Waals surface area contributed by atoms with Crippen molar-refractivity contribution in [2.45, 2.75) is 32.3 Å². The molecule has 0 unspecified atom stereocenters. The van der Waals surface area contributed by atoms with Gasteiger partial charge in [-0.3, -0.25) is 0 Å². The van der Waals surface area contributed by atoms with E-state index in [1.807, 2.05) is 20.8 Å². The lowest BCUT2D eigenvalue weighted by Gasteiger charge is -2.38. The van der Waals surface area contributed by atoms with Crippen LogP contribution in [0.25, 0.3) is 0 Å². The lowest BCUT2D eigenvalue weighted by Crippen LogP contribution is -2.53. The number of amides is 1. The largest absolute Gasteiger partial charge is 0.618 e. The van der Waals surface area contributed by atoms with E-state index >= 15 is 0 Å². The van der Waals surface area contributed by atoms with Crippen molar-refractivity contribution >= 4 is 6.09 Å². The molecule has 0 radical (unpaired) electrons. The molecule has 1 aromatic heterocycles. The highest BCUT2D eigenvalue weighted by atomic mass is 16.7. The SMILES string of the molecule is COCOc1ccc(C2CN(C(=O)OC(C)(C)C)C2)[n+]([O-])c1. The minimum absolute atomic E-state index is 0.0153. The highest BCUT2D eigenvalue weighted by Crippen LogP contribution is 2.27. The van der Waals surface area contributed by atoms with E-state index in [2.05, 4.69) is 0 Å². The van der Waals surface area contributed by atoms with Crippen LogP contribution in [-0.2, 0) is 9.47 Å². The first-order valence-electron chi connectivity index (χ1n) is 7.13. The van der Waals surface area contributed by atoms with Gasteiger partial charge in [-0.05, 0) is 26.8 Å². The van der Waals surface area contributed by atoms with Gasteiger partial charge in [0.05, 0.1) is 5.92 Å². The van der Waals surface area contributed by atoms with Crippen LogP contribution in [0.4, 0.5) is 4.79 Å². The number of carbonyl (C=O) groups excluding carboxylic acids is 1. The van der Waals surface area contributed by atoms with Gasteiger partial charge in [0.15, 0.2) is 18.2 Å². The maximum Gasteiger partial charge on any atom is 0.410 e. The summed E-state index contributed by atoms with van der Waals surface area (Å²) in [6, 6.07) is 3.44. The van der Waals surface area contributed by atoms with Crippen molar-refractivity contribution in [2.75, 3.05) is 27.0 Å². The number of ether oxygens (including phenoxy) is 3. The maximum atomic E-state index is 12.0. The molecule has 1 aliphatic heterocycles. The van der Waals surface area contributed by atoms with Gasteiger partial charge in [-0.2, -0.15) is 4.73 Å². The first kappa shape index (κ1) is 16.4. The van der Waals surface area contributed by atoms with E-state index in [9.17, 15) is 10.0 Å². The molecule has 7 heteroatoms. The van der Waals surface area contributed by atoms with Crippen LogP contribution in [0.2, 0.25) is 0 Å². The van der Waals surface area contributed by atoms with Gasteiger partial charge >= 0.3 is 6.09 Å². The Balaban J connectivity index is 1.91. The van der Waals surface area contributed by atoms with Gasteiger partial charge in [-0.1, -0.05) is 0 Å². The molecular formula is C15H22N2O5. The Bertz CT molecular complexity index is 535. The predicted octanol–water partition coefficient (Wildman–Crippen LogP) is 1.64. The molecule has 1 saturated heterocycles. The summed E-state index contributed by atoms with van der Waals surface area (Å²) in [5, 5.41) is 12.0. The Morgan fingerprint density at radius 2 is 2.09 bits per heavy atom. The van der Waals surface area contributed by atoms with Gasteiger partial charge in [-0.15, -0.1) is 0 Å². The number of pyridine rings is 1. The van der Waals surface area contributed by atoms with Crippen LogP contribution in [0.15, 0.2) is 18.3 Å². The molecule has 0 aromatic carbocycles. The summed E-state index contributed by atoms with van der Waals surface area (Å²) in [6.07, 6.45) is 1.02. The molecule has 7 nitrogen and oxygen atoms in total. The van der Waals surface area contributed by atoms with E-state index in [-0.39, 0.29) is 18.8 Å². The van der Waals surface area contributed by atoms with E-state index in [4.69, 9.17) is 14.2 Å². The van der Waals surface area contributed by atoms with Crippen molar-refractivity contribution in [1.82, 2.24) is 4.90 Å². The van der Waals surface area contributed by atoms with Crippen LogP contribution >= 0.6 is 0 Å². The second-order valence-electron chi connectivity index (χ2n) is 6.25. The highest BCUT2D eigenvalue weighted by Gasteiger charge is 2.38. The quantitative estimate of drug-likeness (QED) is 0.480. The molecule has 2 heterocycles. The lowest BCUT2D eigenvalue weighted by molar-refractivity contribution is -0.616. The standard InChI is InChI=1S/C15H22N2O5/c1-15(2,3)22-14(18)16-7-11(8-16)13-6-5-12(9-17(13)19)21-10-20-4/h5-6,9,11H,7-8,10H2,1-4H3. The molecule has 1 aliphatic rings. The Labute approximate surface area is 130 Å². The van der Waals surface area contributed by atoms with E-state index in [0.717, 1.165) is 4.73 Å². The average Bonchev–Trinajstić information content (AvgIpc) is 2.34. The van der Waals surface area contributed by atoms with Crippen LogP contribution < -0.4 is 9.47 Å². The van der Waals surface area contributed by atoms with E-state index in [1.165, 1.54) is 13.3 Å². The van der Waals surface area contributed by atoms with Gasteiger partial charge in [0.25, 0.3) is 0 Å². The summed E-state index contributed by atoms with van der Waals surface area (Å²) in [5.41, 5.74) is 0.102. The van der Waals surface area contributed by atoms with Crippen molar-refractivity contribution in [3.8, 4) is 5.75 Å². The van der Waals surface area contributed by atoms with E-state index in [1.54, 1.807) is 17.0 Å². The van der Waals surface area contributed by atoms with Gasteiger partial charge < -0.3 is 24.3 Å². The van der Waals surface area contributed by atoms with Gasteiger partial charge in [0, 0.05) is 26.3 Å². The molecule has 1 fully saturated rings.